The molecule has 30 heavy (non-hydrogen) atoms. The van der Waals surface area contributed by atoms with Gasteiger partial charge in [0.05, 0.1) is 23.5 Å². The lowest BCUT2D eigenvalue weighted by Crippen LogP contribution is -2.38. The molecule has 0 saturated carbocycles. The Bertz CT molecular complexity index is 879. The molecule has 164 valence electrons. The number of rotatable bonds is 7. The van der Waals surface area contributed by atoms with Crippen LogP contribution in [0.5, 0.6) is 5.75 Å². The highest BCUT2D eigenvalue weighted by atomic mass is 16.5. The van der Waals surface area contributed by atoms with Crippen LogP contribution in [0.25, 0.3) is 0 Å². The second-order valence-corrected chi connectivity index (χ2v) is 8.42. The van der Waals surface area contributed by atoms with Gasteiger partial charge in [-0.3, -0.25) is 14.4 Å². The van der Waals surface area contributed by atoms with Gasteiger partial charge in [-0.15, -0.1) is 0 Å². The van der Waals surface area contributed by atoms with Gasteiger partial charge in [0.2, 0.25) is 5.91 Å². The number of amides is 1. The van der Waals surface area contributed by atoms with E-state index in [1.54, 1.807) is 0 Å². The van der Waals surface area contributed by atoms with E-state index < -0.39 is 5.60 Å². The predicted molar refractivity (Wildman–Crippen MR) is 118 cm³/mol. The van der Waals surface area contributed by atoms with E-state index in [0.717, 1.165) is 36.6 Å². The number of nitrogens with one attached hydrogen (secondary N) is 1. The zero-order chi connectivity index (χ0) is 21.7. The molecule has 2 N–H and O–H groups in total. The largest absolute Gasteiger partial charge is 0.491 e. The summed E-state index contributed by atoms with van der Waals surface area (Å²) in [5.74, 6) is 0.737. The average molecular weight is 415 g/mol. The SMILES string of the molecule is CCn1cc(NC(=O)CN2CCCC(O)(COc3ccc(C)c(C)c3)CC2)c(C)n1. The lowest BCUT2D eigenvalue weighted by molar-refractivity contribution is -0.117. The number of hydrogen-bond acceptors (Lipinski definition) is 5. The van der Waals surface area contributed by atoms with Crippen LogP contribution < -0.4 is 10.1 Å². The first-order chi connectivity index (χ1) is 14.3. The molecule has 7 nitrogen and oxygen atoms in total. The van der Waals surface area contributed by atoms with Crippen LogP contribution in [-0.4, -0.2) is 57.5 Å². The van der Waals surface area contributed by atoms with E-state index in [1.165, 1.54) is 11.1 Å². The van der Waals surface area contributed by atoms with Crippen molar-refractivity contribution in [2.45, 2.75) is 59.1 Å². The number of nitrogens with zero attached hydrogens (tertiary/aromatic N) is 3. The van der Waals surface area contributed by atoms with Gasteiger partial charge in [-0.1, -0.05) is 6.07 Å². The molecule has 1 atom stereocenters. The van der Waals surface area contributed by atoms with Crippen molar-refractivity contribution in [2.24, 2.45) is 0 Å². The molecule has 1 saturated heterocycles. The molecule has 2 aromatic rings. The molecule has 1 amide bonds. The topological polar surface area (TPSA) is 79.6 Å². The fourth-order valence-corrected chi connectivity index (χ4v) is 3.75. The molecule has 1 fully saturated rings. The number of aliphatic hydroxyl groups is 1. The first-order valence-electron chi connectivity index (χ1n) is 10.8. The van der Waals surface area contributed by atoms with Gasteiger partial charge in [0.25, 0.3) is 0 Å². The van der Waals surface area contributed by atoms with Crippen molar-refractivity contribution in [3.63, 3.8) is 0 Å². The summed E-state index contributed by atoms with van der Waals surface area (Å²) < 4.78 is 7.72. The molecule has 1 aliphatic rings. The van der Waals surface area contributed by atoms with Crippen LogP contribution in [-0.2, 0) is 11.3 Å². The molecule has 0 spiro atoms. The van der Waals surface area contributed by atoms with Gasteiger partial charge in [0.15, 0.2) is 0 Å². The lowest BCUT2D eigenvalue weighted by Gasteiger charge is -2.27. The third-order valence-electron chi connectivity index (χ3n) is 5.91. The van der Waals surface area contributed by atoms with Crippen LogP contribution in [0.1, 0.15) is 43.0 Å². The van der Waals surface area contributed by atoms with Crippen LogP contribution in [0.3, 0.4) is 0 Å². The first-order valence-corrected chi connectivity index (χ1v) is 10.8. The minimum Gasteiger partial charge on any atom is -0.491 e. The highest BCUT2D eigenvalue weighted by Crippen LogP contribution is 2.25. The van der Waals surface area contributed by atoms with E-state index in [9.17, 15) is 9.90 Å². The van der Waals surface area contributed by atoms with Crippen molar-refractivity contribution < 1.29 is 14.6 Å². The summed E-state index contributed by atoms with van der Waals surface area (Å²) in [6, 6.07) is 5.99. The number of hydrogen-bond donors (Lipinski definition) is 2. The van der Waals surface area contributed by atoms with Crippen molar-refractivity contribution in [3.05, 3.63) is 41.2 Å². The average Bonchev–Trinajstić information content (AvgIpc) is 2.95. The minimum atomic E-state index is -0.872. The summed E-state index contributed by atoms with van der Waals surface area (Å²) in [7, 11) is 0. The third-order valence-corrected chi connectivity index (χ3v) is 5.91. The highest BCUT2D eigenvalue weighted by molar-refractivity contribution is 5.92. The third kappa shape index (κ3) is 5.83. The molecular formula is C23H34N4O3. The maximum atomic E-state index is 12.5. The summed E-state index contributed by atoms with van der Waals surface area (Å²) in [5.41, 5.74) is 3.11. The second kappa shape index (κ2) is 9.62. The quantitative estimate of drug-likeness (QED) is 0.728. The van der Waals surface area contributed by atoms with Crippen LogP contribution in [0.15, 0.2) is 24.4 Å². The standard InChI is InChI=1S/C23H34N4O3/c1-5-27-14-21(19(4)25-27)24-22(28)15-26-11-6-9-23(29,10-12-26)16-30-20-8-7-17(2)18(3)13-20/h7-8,13-14,29H,5-6,9-12,15-16H2,1-4H3,(H,24,28). The monoisotopic (exact) mass is 414 g/mol. The molecule has 1 aromatic heterocycles. The number of carbonyl (C=O) groups is 1. The lowest BCUT2D eigenvalue weighted by atomic mass is 9.96. The van der Waals surface area contributed by atoms with Crippen LogP contribution in [0.4, 0.5) is 5.69 Å². The van der Waals surface area contributed by atoms with E-state index in [2.05, 4.69) is 29.2 Å². The predicted octanol–water partition coefficient (Wildman–Crippen LogP) is 3.06. The maximum Gasteiger partial charge on any atom is 0.238 e. The highest BCUT2D eigenvalue weighted by Gasteiger charge is 2.31. The molecular weight excluding hydrogens is 380 g/mol. The zero-order valence-electron chi connectivity index (χ0n) is 18.6. The van der Waals surface area contributed by atoms with Gasteiger partial charge in [0, 0.05) is 19.3 Å². The molecule has 1 aliphatic heterocycles. The molecule has 3 rings (SSSR count). The summed E-state index contributed by atoms with van der Waals surface area (Å²) in [5, 5.41) is 18.3. The van der Waals surface area contributed by atoms with Crippen LogP contribution in [0.2, 0.25) is 0 Å². The Morgan fingerprint density at radius 2 is 2.03 bits per heavy atom. The smallest absolute Gasteiger partial charge is 0.238 e. The van der Waals surface area contributed by atoms with Crippen molar-refractivity contribution in [2.75, 3.05) is 31.6 Å². The zero-order valence-corrected chi connectivity index (χ0v) is 18.6. The number of likely N-dealkylation sites (tertiary alicyclic amines) is 1. The van der Waals surface area contributed by atoms with Crippen LogP contribution >= 0.6 is 0 Å². The Labute approximate surface area is 179 Å². The Hall–Kier alpha value is -2.38. The Balaban J connectivity index is 1.50. The van der Waals surface area contributed by atoms with Gasteiger partial charge in [-0.2, -0.15) is 5.10 Å². The molecule has 0 bridgehead atoms. The summed E-state index contributed by atoms with van der Waals surface area (Å²) in [6.07, 6.45) is 3.93. The Morgan fingerprint density at radius 1 is 1.23 bits per heavy atom. The molecule has 2 heterocycles. The number of aryl methyl sites for hydroxylation is 4. The summed E-state index contributed by atoms with van der Waals surface area (Å²) >= 11 is 0. The van der Waals surface area contributed by atoms with E-state index >= 15 is 0 Å². The maximum absolute atomic E-state index is 12.5. The number of aromatic nitrogens is 2. The summed E-state index contributed by atoms with van der Waals surface area (Å²) in [4.78, 5) is 14.6. The van der Waals surface area contributed by atoms with Gasteiger partial charge in [-0.05, 0) is 76.8 Å². The Morgan fingerprint density at radius 3 is 2.73 bits per heavy atom. The molecule has 7 heteroatoms. The number of anilines is 1. The normalized spacial score (nSPS) is 20.0. The molecule has 0 aliphatic carbocycles. The van der Waals surface area contributed by atoms with E-state index in [1.807, 2.05) is 42.9 Å². The van der Waals surface area contributed by atoms with Gasteiger partial charge >= 0.3 is 0 Å². The van der Waals surface area contributed by atoms with Crippen LogP contribution in [0, 0.1) is 20.8 Å². The Kier molecular flexibility index (Phi) is 7.15. The summed E-state index contributed by atoms with van der Waals surface area (Å²) in [6.45, 7) is 10.8. The molecule has 0 radical (unpaired) electrons. The van der Waals surface area contributed by atoms with Crippen molar-refractivity contribution in [3.8, 4) is 5.75 Å². The minimum absolute atomic E-state index is 0.0504. The second-order valence-electron chi connectivity index (χ2n) is 8.42. The fourth-order valence-electron chi connectivity index (χ4n) is 3.75. The van der Waals surface area contributed by atoms with Gasteiger partial charge < -0.3 is 15.2 Å². The van der Waals surface area contributed by atoms with Crippen molar-refractivity contribution in [1.29, 1.82) is 0 Å². The number of carbonyl (C=O) groups excluding carboxylic acids is 1. The molecule has 1 aromatic carbocycles. The van der Waals surface area contributed by atoms with Gasteiger partial charge in [-0.25, -0.2) is 0 Å². The molecule has 1 unspecified atom stereocenters. The van der Waals surface area contributed by atoms with Crippen molar-refractivity contribution in [1.82, 2.24) is 14.7 Å². The number of benzene rings is 1. The van der Waals surface area contributed by atoms with E-state index in [4.69, 9.17) is 4.74 Å². The van der Waals surface area contributed by atoms with E-state index in [0.29, 0.717) is 25.9 Å². The first kappa shape index (κ1) is 22.3. The fraction of sp³-hybridized carbons (Fsp3) is 0.565. The van der Waals surface area contributed by atoms with E-state index in [-0.39, 0.29) is 12.5 Å². The van der Waals surface area contributed by atoms with Gasteiger partial charge in [0.1, 0.15) is 12.4 Å². The number of ether oxygens (including phenoxy) is 1. The van der Waals surface area contributed by atoms with Crippen molar-refractivity contribution >= 4 is 11.6 Å².